The summed E-state index contributed by atoms with van der Waals surface area (Å²) in [5, 5.41) is 2.20. The fraction of sp³-hybridized carbons (Fsp3) is 0.273. The molecule has 3 nitrogen and oxygen atoms in total. The summed E-state index contributed by atoms with van der Waals surface area (Å²) in [6.45, 7) is 3.25. The van der Waals surface area contributed by atoms with E-state index in [-0.39, 0.29) is 19.2 Å². The summed E-state index contributed by atoms with van der Waals surface area (Å²) in [6, 6.07) is 7.03. The lowest BCUT2D eigenvalue weighted by molar-refractivity contribution is -0.118. The highest BCUT2D eigenvalue weighted by Crippen LogP contribution is 2.02. The predicted octanol–water partition coefficient (Wildman–Crippen LogP) is 1.91. The van der Waals surface area contributed by atoms with Gasteiger partial charge in [-0.25, -0.2) is 0 Å². The number of hydrogen-bond donors (Lipinski definition) is 1. The number of hydrogen-bond acceptors (Lipinski definition) is 2. The molecule has 0 spiro atoms. The number of amides is 2. The summed E-state index contributed by atoms with van der Waals surface area (Å²) in [5.41, 5.74) is 1.58. The minimum absolute atomic E-state index is 0. The zero-order valence-electron chi connectivity index (χ0n) is 7.63. The first-order valence-corrected chi connectivity index (χ1v) is 3.98. The van der Waals surface area contributed by atoms with Gasteiger partial charge in [0, 0.05) is 12.5 Å². The van der Waals surface area contributed by atoms with Crippen molar-refractivity contribution in [2.45, 2.75) is 21.3 Å². The zero-order valence-corrected chi connectivity index (χ0v) is 7.63. The van der Waals surface area contributed by atoms with Crippen molar-refractivity contribution in [2.24, 2.45) is 0 Å². The van der Waals surface area contributed by atoms with Crippen LogP contribution in [0, 0.1) is 6.92 Å². The fourth-order valence-corrected chi connectivity index (χ4v) is 0.937. The highest BCUT2D eigenvalue weighted by atomic mass is 16.2. The SMILES string of the molecule is C.CC(=O)NC(=O)c1ccc(C)cc1. The third-order valence-electron chi connectivity index (χ3n) is 1.60. The fourth-order valence-electron chi connectivity index (χ4n) is 0.937. The van der Waals surface area contributed by atoms with Gasteiger partial charge in [0.25, 0.3) is 5.91 Å². The molecule has 1 rings (SSSR count). The van der Waals surface area contributed by atoms with Gasteiger partial charge in [-0.15, -0.1) is 0 Å². The van der Waals surface area contributed by atoms with E-state index in [1.54, 1.807) is 12.1 Å². The van der Waals surface area contributed by atoms with Crippen molar-refractivity contribution in [3.05, 3.63) is 35.4 Å². The Kier molecular flexibility index (Phi) is 4.56. The van der Waals surface area contributed by atoms with Gasteiger partial charge in [0.1, 0.15) is 0 Å². The Balaban J connectivity index is 0.00000169. The highest BCUT2D eigenvalue weighted by Gasteiger charge is 2.05. The first kappa shape index (κ1) is 12.4. The van der Waals surface area contributed by atoms with E-state index in [2.05, 4.69) is 5.32 Å². The molecule has 0 fully saturated rings. The van der Waals surface area contributed by atoms with Crippen LogP contribution in [0.3, 0.4) is 0 Å². The van der Waals surface area contributed by atoms with Gasteiger partial charge >= 0.3 is 0 Å². The smallest absolute Gasteiger partial charge is 0.257 e. The molecule has 1 N–H and O–H groups in total. The van der Waals surface area contributed by atoms with Gasteiger partial charge in [-0.05, 0) is 19.1 Å². The van der Waals surface area contributed by atoms with Crippen LogP contribution in [-0.2, 0) is 4.79 Å². The molecule has 0 radical (unpaired) electrons. The molecule has 0 aliphatic carbocycles. The summed E-state index contributed by atoms with van der Waals surface area (Å²) >= 11 is 0. The lowest BCUT2D eigenvalue weighted by Gasteiger charge is -2.00. The topological polar surface area (TPSA) is 46.2 Å². The molecule has 2 amide bonds. The second-order valence-electron chi connectivity index (χ2n) is 2.88. The molecule has 76 valence electrons. The van der Waals surface area contributed by atoms with Crippen molar-refractivity contribution in [1.29, 1.82) is 0 Å². The van der Waals surface area contributed by atoms with Crippen LogP contribution in [0.5, 0.6) is 0 Å². The molecule has 0 heterocycles. The van der Waals surface area contributed by atoms with Crippen LogP contribution in [0.4, 0.5) is 0 Å². The average molecular weight is 193 g/mol. The van der Waals surface area contributed by atoms with Crippen LogP contribution >= 0.6 is 0 Å². The molecule has 1 aromatic rings. The molecular weight excluding hydrogens is 178 g/mol. The summed E-state index contributed by atoms with van der Waals surface area (Å²) in [6.07, 6.45) is 0. The molecule has 1 aromatic carbocycles. The van der Waals surface area contributed by atoms with Gasteiger partial charge in [0.2, 0.25) is 5.91 Å². The summed E-state index contributed by atoms with van der Waals surface area (Å²) < 4.78 is 0. The van der Waals surface area contributed by atoms with Crippen molar-refractivity contribution < 1.29 is 9.59 Å². The number of aryl methyl sites for hydroxylation is 1. The quantitative estimate of drug-likeness (QED) is 0.740. The molecule has 14 heavy (non-hydrogen) atoms. The average Bonchev–Trinajstić information content (AvgIpc) is 2.04. The predicted molar refractivity (Wildman–Crippen MR) is 56.1 cm³/mol. The lowest BCUT2D eigenvalue weighted by atomic mass is 10.1. The highest BCUT2D eigenvalue weighted by molar-refractivity contribution is 6.03. The summed E-state index contributed by atoms with van der Waals surface area (Å²) in [4.78, 5) is 21.8. The van der Waals surface area contributed by atoms with Crippen LogP contribution in [0.2, 0.25) is 0 Å². The largest absolute Gasteiger partial charge is 0.293 e. The number of imide groups is 1. The number of carbonyl (C=O) groups is 2. The molecule has 0 aliphatic heterocycles. The van der Waals surface area contributed by atoms with Gasteiger partial charge in [-0.2, -0.15) is 0 Å². The summed E-state index contributed by atoms with van der Waals surface area (Å²) in [7, 11) is 0. The Morgan fingerprint density at radius 3 is 2.07 bits per heavy atom. The molecule has 0 atom stereocenters. The Bertz CT molecular complexity index is 328. The number of carbonyl (C=O) groups excluding carboxylic acids is 2. The molecule has 0 saturated carbocycles. The van der Waals surface area contributed by atoms with Crippen molar-refractivity contribution in [2.75, 3.05) is 0 Å². The molecule has 0 aromatic heterocycles. The first-order chi connectivity index (χ1) is 6.09. The van der Waals surface area contributed by atoms with E-state index in [1.165, 1.54) is 6.92 Å². The van der Waals surface area contributed by atoms with E-state index < -0.39 is 0 Å². The lowest BCUT2D eigenvalue weighted by Crippen LogP contribution is -2.27. The van der Waals surface area contributed by atoms with Gasteiger partial charge in [-0.1, -0.05) is 25.1 Å². The van der Waals surface area contributed by atoms with Crippen molar-refractivity contribution in [3.63, 3.8) is 0 Å². The Labute approximate surface area is 84.1 Å². The monoisotopic (exact) mass is 193 g/mol. The molecule has 3 heteroatoms. The van der Waals surface area contributed by atoms with Crippen LogP contribution in [0.25, 0.3) is 0 Å². The minimum Gasteiger partial charge on any atom is -0.293 e. The van der Waals surface area contributed by atoms with E-state index in [1.807, 2.05) is 19.1 Å². The maximum atomic E-state index is 11.2. The molecule has 0 aliphatic rings. The van der Waals surface area contributed by atoms with E-state index in [0.29, 0.717) is 5.56 Å². The Morgan fingerprint density at radius 2 is 1.64 bits per heavy atom. The maximum absolute atomic E-state index is 11.2. The Morgan fingerprint density at radius 1 is 1.14 bits per heavy atom. The minimum atomic E-state index is -0.354. The first-order valence-electron chi connectivity index (χ1n) is 3.98. The zero-order chi connectivity index (χ0) is 9.84. The van der Waals surface area contributed by atoms with E-state index in [4.69, 9.17) is 0 Å². The van der Waals surface area contributed by atoms with E-state index >= 15 is 0 Å². The normalized spacial score (nSPS) is 8.71. The van der Waals surface area contributed by atoms with Crippen molar-refractivity contribution >= 4 is 11.8 Å². The third kappa shape index (κ3) is 3.39. The maximum Gasteiger partial charge on any atom is 0.257 e. The molecule has 0 bridgehead atoms. The van der Waals surface area contributed by atoms with Gasteiger partial charge in [-0.3, -0.25) is 14.9 Å². The van der Waals surface area contributed by atoms with Crippen molar-refractivity contribution in [1.82, 2.24) is 5.32 Å². The molecule has 0 unspecified atom stereocenters. The van der Waals surface area contributed by atoms with Crippen molar-refractivity contribution in [3.8, 4) is 0 Å². The molecule has 0 saturated heterocycles. The van der Waals surface area contributed by atoms with Gasteiger partial charge in [0.15, 0.2) is 0 Å². The standard InChI is InChI=1S/C10H11NO2.CH4/c1-7-3-5-9(6-4-7)10(13)11-8(2)12;/h3-6H,1-2H3,(H,11,12,13);1H4. The van der Waals surface area contributed by atoms with E-state index in [9.17, 15) is 9.59 Å². The van der Waals surface area contributed by atoms with Gasteiger partial charge < -0.3 is 0 Å². The van der Waals surface area contributed by atoms with Crippen LogP contribution < -0.4 is 5.32 Å². The summed E-state index contributed by atoms with van der Waals surface area (Å²) in [5.74, 6) is -0.696. The Hall–Kier alpha value is -1.64. The van der Waals surface area contributed by atoms with E-state index in [0.717, 1.165) is 5.56 Å². The third-order valence-corrected chi connectivity index (χ3v) is 1.60. The van der Waals surface area contributed by atoms with Crippen LogP contribution in [-0.4, -0.2) is 11.8 Å². The number of rotatable bonds is 1. The van der Waals surface area contributed by atoms with Crippen LogP contribution in [0.1, 0.15) is 30.3 Å². The van der Waals surface area contributed by atoms with Gasteiger partial charge in [0.05, 0.1) is 0 Å². The second kappa shape index (κ2) is 5.17. The van der Waals surface area contributed by atoms with Crippen LogP contribution in [0.15, 0.2) is 24.3 Å². The number of benzene rings is 1. The second-order valence-corrected chi connectivity index (χ2v) is 2.88. The number of nitrogens with one attached hydrogen (secondary N) is 1. The molecular formula is C11H15NO2.